The number of aromatic amines is 1. The Bertz CT molecular complexity index is 924. The molecule has 4 nitrogen and oxygen atoms in total. The van der Waals surface area contributed by atoms with E-state index >= 15 is 0 Å². The molecular weight excluding hydrogens is 293 g/mol. The second-order valence-electron chi connectivity index (χ2n) is 6.20. The van der Waals surface area contributed by atoms with Crippen molar-refractivity contribution in [3.8, 4) is 0 Å². The van der Waals surface area contributed by atoms with E-state index in [0.29, 0.717) is 16.6 Å². The van der Waals surface area contributed by atoms with Gasteiger partial charge in [0, 0.05) is 5.92 Å². The van der Waals surface area contributed by atoms with Crippen LogP contribution < -0.4 is 11.5 Å². The van der Waals surface area contributed by atoms with Gasteiger partial charge >= 0.3 is 5.69 Å². The first-order valence-electron chi connectivity index (χ1n) is 7.68. The normalized spacial score (nSPS) is 12.9. The molecule has 0 amide bonds. The highest BCUT2D eigenvalue weighted by atomic mass is 19.1. The zero-order valence-corrected chi connectivity index (χ0v) is 13.4. The maximum Gasteiger partial charge on any atom is 0.344 e. The van der Waals surface area contributed by atoms with E-state index in [4.69, 9.17) is 5.84 Å². The third-order valence-electron chi connectivity index (χ3n) is 4.40. The smallest absolute Gasteiger partial charge is 0.335 e. The van der Waals surface area contributed by atoms with Crippen molar-refractivity contribution in [1.82, 2.24) is 9.66 Å². The molecule has 1 heterocycles. The summed E-state index contributed by atoms with van der Waals surface area (Å²) in [5.74, 6) is 5.62. The van der Waals surface area contributed by atoms with Crippen LogP contribution in [0.3, 0.4) is 0 Å². The van der Waals surface area contributed by atoms with Gasteiger partial charge in [-0.25, -0.2) is 13.9 Å². The van der Waals surface area contributed by atoms with Crippen LogP contribution in [0.1, 0.15) is 49.3 Å². The molecule has 0 unspecified atom stereocenters. The molecular formula is C18H20FN3O. The maximum atomic E-state index is 14.3. The predicted molar refractivity (Wildman–Crippen MR) is 90.7 cm³/mol. The number of benzene rings is 2. The van der Waals surface area contributed by atoms with Gasteiger partial charge in [0.25, 0.3) is 0 Å². The van der Waals surface area contributed by atoms with Crippen molar-refractivity contribution < 1.29 is 4.39 Å². The van der Waals surface area contributed by atoms with Crippen molar-refractivity contribution in [1.29, 1.82) is 0 Å². The number of nitrogens with two attached hydrogens (primary N) is 1. The number of fused-ring (bicyclic) bond motifs is 1. The van der Waals surface area contributed by atoms with Crippen LogP contribution in [0.2, 0.25) is 0 Å². The minimum Gasteiger partial charge on any atom is -0.335 e. The third kappa shape index (κ3) is 2.52. The van der Waals surface area contributed by atoms with E-state index < -0.39 is 0 Å². The molecule has 3 N–H and O–H groups in total. The van der Waals surface area contributed by atoms with E-state index in [2.05, 4.69) is 4.98 Å². The van der Waals surface area contributed by atoms with Gasteiger partial charge in [-0.15, -0.1) is 0 Å². The lowest BCUT2D eigenvalue weighted by atomic mass is 9.90. The number of nitrogen functional groups attached to an aromatic ring is 1. The Morgan fingerprint density at radius 2 is 1.87 bits per heavy atom. The van der Waals surface area contributed by atoms with E-state index in [1.54, 1.807) is 12.1 Å². The van der Waals surface area contributed by atoms with Crippen molar-refractivity contribution >= 4 is 11.0 Å². The number of hydrogen-bond acceptors (Lipinski definition) is 2. The number of imidazole rings is 1. The molecule has 0 aliphatic rings. The standard InChI is InChI=1S/C18H20FN3O/c1-10(2)13-8-7-12(9-15(13)19)11(3)14-5-4-6-16-17(14)21-18(23)22(16)20/h4-11H,20H2,1-3H3,(H,21,23)/t11-/m1/s1. The van der Waals surface area contributed by atoms with E-state index in [9.17, 15) is 9.18 Å². The Morgan fingerprint density at radius 3 is 2.52 bits per heavy atom. The highest BCUT2D eigenvalue weighted by Crippen LogP contribution is 2.30. The molecule has 0 bridgehead atoms. The number of nitrogens with one attached hydrogen (secondary N) is 1. The van der Waals surface area contributed by atoms with Crippen LogP contribution in [0, 0.1) is 5.82 Å². The van der Waals surface area contributed by atoms with Gasteiger partial charge in [-0.1, -0.05) is 45.0 Å². The summed E-state index contributed by atoms with van der Waals surface area (Å²) in [4.78, 5) is 14.5. The van der Waals surface area contributed by atoms with Gasteiger partial charge in [-0.2, -0.15) is 0 Å². The molecule has 1 aromatic heterocycles. The second-order valence-corrected chi connectivity index (χ2v) is 6.20. The number of rotatable bonds is 3. The Morgan fingerprint density at radius 1 is 1.13 bits per heavy atom. The molecule has 3 aromatic rings. The van der Waals surface area contributed by atoms with E-state index in [0.717, 1.165) is 15.8 Å². The largest absolute Gasteiger partial charge is 0.344 e. The summed E-state index contributed by atoms with van der Waals surface area (Å²) < 4.78 is 15.4. The number of nitrogens with zero attached hydrogens (tertiary/aromatic N) is 1. The monoisotopic (exact) mass is 313 g/mol. The van der Waals surface area contributed by atoms with Crippen LogP contribution in [0.5, 0.6) is 0 Å². The molecule has 0 fully saturated rings. The first-order chi connectivity index (χ1) is 10.9. The minimum absolute atomic E-state index is 0.0625. The van der Waals surface area contributed by atoms with E-state index in [1.165, 1.54) is 0 Å². The van der Waals surface area contributed by atoms with Crippen molar-refractivity contribution in [3.05, 3.63) is 69.4 Å². The van der Waals surface area contributed by atoms with Crippen molar-refractivity contribution in [3.63, 3.8) is 0 Å². The molecule has 0 aliphatic carbocycles. The van der Waals surface area contributed by atoms with Gasteiger partial charge < -0.3 is 10.8 Å². The number of para-hydroxylation sites is 1. The lowest BCUT2D eigenvalue weighted by molar-refractivity contribution is 0.595. The second kappa shape index (κ2) is 5.57. The van der Waals surface area contributed by atoms with Gasteiger partial charge in [0.05, 0.1) is 11.0 Å². The van der Waals surface area contributed by atoms with E-state index in [-0.39, 0.29) is 23.3 Å². The average molecular weight is 313 g/mol. The summed E-state index contributed by atoms with van der Waals surface area (Å²) in [5.41, 5.74) is 3.46. The fourth-order valence-corrected chi connectivity index (χ4v) is 2.99. The van der Waals surface area contributed by atoms with Crippen LogP contribution in [0.4, 0.5) is 4.39 Å². The fraction of sp³-hybridized carbons (Fsp3) is 0.278. The molecule has 0 spiro atoms. The fourth-order valence-electron chi connectivity index (χ4n) is 2.99. The third-order valence-corrected chi connectivity index (χ3v) is 4.40. The zero-order valence-electron chi connectivity index (χ0n) is 13.4. The quantitative estimate of drug-likeness (QED) is 0.727. The van der Waals surface area contributed by atoms with Gasteiger partial charge in [0.2, 0.25) is 0 Å². The summed E-state index contributed by atoms with van der Waals surface area (Å²) >= 11 is 0. The number of halogens is 1. The lowest BCUT2D eigenvalue weighted by Crippen LogP contribution is -2.23. The molecule has 5 heteroatoms. The van der Waals surface area contributed by atoms with Crippen molar-refractivity contribution in [2.24, 2.45) is 0 Å². The summed E-state index contributed by atoms with van der Waals surface area (Å²) in [6, 6.07) is 10.9. The van der Waals surface area contributed by atoms with Crippen LogP contribution >= 0.6 is 0 Å². The summed E-state index contributed by atoms with van der Waals surface area (Å²) in [5, 5.41) is 0. The van der Waals surface area contributed by atoms with Gasteiger partial charge in [0.1, 0.15) is 5.82 Å². The summed E-state index contributed by atoms with van der Waals surface area (Å²) in [7, 11) is 0. The molecule has 3 rings (SSSR count). The lowest BCUT2D eigenvalue weighted by Gasteiger charge is -2.16. The van der Waals surface area contributed by atoms with Crippen molar-refractivity contribution in [2.45, 2.75) is 32.6 Å². The Balaban J connectivity index is 2.11. The molecule has 0 aliphatic heterocycles. The zero-order chi connectivity index (χ0) is 16.7. The first kappa shape index (κ1) is 15.3. The highest BCUT2D eigenvalue weighted by Gasteiger charge is 2.17. The molecule has 2 aromatic carbocycles. The van der Waals surface area contributed by atoms with Crippen LogP contribution in [0.25, 0.3) is 11.0 Å². The van der Waals surface area contributed by atoms with E-state index in [1.807, 2.05) is 45.0 Å². The average Bonchev–Trinajstić information content (AvgIpc) is 2.81. The van der Waals surface area contributed by atoms with Gasteiger partial charge in [-0.05, 0) is 34.7 Å². The summed E-state index contributed by atoms with van der Waals surface area (Å²) in [6.07, 6.45) is 0. The highest BCUT2D eigenvalue weighted by molar-refractivity contribution is 5.80. The maximum absolute atomic E-state index is 14.3. The molecule has 120 valence electrons. The molecule has 23 heavy (non-hydrogen) atoms. The SMILES string of the molecule is CC(C)c1ccc([C@@H](C)c2cccc3c2[nH]c(=O)n3N)cc1F. The number of aromatic nitrogens is 2. The molecule has 0 saturated heterocycles. The Hall–Kier alpha value is -2.56. The Labute approximate surface area is 133 Å². The minimum atomic E-state index is -0.360. The van der Waals surface area contributed by atoms with Crippen LogP contribution in [0.15, 0.2) is 41.2 Å². The molecule has 1 atom stereocenters. The van der Waals surface area contributed by atoms with Gasteiger partial charge in [-0.3, -0.25) is 0 Å². The first-order valence-corrected chi connectivity index (χ1v) is 7.68. The topological polar surface area (TPSA) is 63.8 Å². The molecule has 0 saturated carbocycles. The van der Waals surface area contributed by atoms with Crippen LogP contribution in [-0.2, 0) is 0 Å². The predicted octanol–water partition coefficient (Wildman–Crippen LogP) is 3.46. The number of hydrogen-bond donors (Lipinski definition) is 2. The number of H-pyrrole nitrogens is 1. The van der Waals surface area contributed by atoms with Gasteiger partial charge in [0.15, 0.2) is 0 Å². The summed E-state index contributed by atoms with van der Waals surface area (Å²) in [6.45, 7) is 5.93. The van der Waals surface area contributed by atoms with Crippen LogP contribution in [-0.4, -0.2) is 9.66 Å². The molecule has 0 radical (unpaired) electrons. The van der Waals surface area contributed by atoms with Crippen molar-refractivity contribution in [2.75, 3.05) is 5.84 Å². The Kier molecular flexibility index (Phi) is 3.72.